The van der Waals surface area contributed by atoms with E-state index >= 15 is 0 Å². The van der Waals surface area contributed by atoms with E-state index in [0.29, 0.717) is 37.6 Å². The van der Waals surface area contributed by atoms with E-state index in [2.05, 4.69) is 15.3 Å². The molecule has 0 spiro atoms. The molecular formula is C21H23N5O4. The van der Waals surface area contributed by atoms with E-state index in [-0.39, 0.29) is 18.4 Å². The summed E-state index contributed by atoms with van der Waals surface area (Å²) in [5, 5.41) is 2.89. The van der Waals surface area contributed by atoms with E-state index in [4.69, 9.17) is 9.47 Å². The first-order valence-corrected chi connectivity index (χ1v) is 9.76. The second kappa shape index (κ2) is 8.91. The molecule has 1 fully saturated rings. The molecule has 9 heteroatoms. The predicted molar refractivity (Wildman–Crippen MR) is 108 cm³/mol. The predicted octanol–water partition coefficient (Wildman–Crippen LogP) is 0.938. The van der Waals surface area contributed by atoms with Gasteiger partial charge in [-0.15, -0.1) is 0 Å². The van der Waals surface area contributed by atoms with Crippen LogP contribution in [0, 0.1) is 0 Å². The summed E-state index contributed by atoms with van der Waals surface area (Å²) in [6.07, 6.45) is 4.97. The van der Waals surface area contributed by atoms with Crippen molar-refractivity contribution in [2.75, 3.05) is 33.4 Å². The lowest BCUT2D eigenvalue weighted by molar-refractivity contribution is -0.137. The quantitative estimate of drug-likeness (QED) is 0.651. The number of rotatable bonds is 6. The van der Waals surface area contributed by atoms with Gasteiger partial charge in [-0.25, -0.2) is 9.97 Å². The first kappa shape index (κ1) is 19.8. The van der Waals surface area contributed by atoms with Crippen molar-refractivity contribution in [1.29, 1.82) is 0 Å². The number of fused-ring (bicyclic) bond motifs is 1. The number of benzene rings is 1. The Bertz CT molecular complexity index is 1020. The molecule has 3 aromatic rings. The van der Waals surface area contributed by atoms with Gasteiger partial charge >= 0.3 is 0 Å². The SMILES string of the molecule is COc1ccccc1CCNC(=O)[C@@H]1CN(C(=O)c2cn3cccnc3n2)CCO1. The average molecular weight is 409 g/mol. The monoisotopic (exact) mass is 409 g/mol. The van der Waals surface area contributed by atoms with Crippen LogP contribution >= 0.6 is 0 Å². The summed E-state index contributed by atoms with van der Waals surface area (Å²) in [4.78, 5) is 35.4. The molecule has 1 N–H and O–H groups in total. The highest BCUT2D eigenvalue weighted by Gasteiger charge is 2.30. The lowest BCUT2D eigenvalue weighted by Crippen LogP contribution is -2.51. The summed E-state index contributed by atoms with van der Waals surface area (Å²) in [5.41, 5.74) is 1.31. The van der Waals surface area contributed by atoms with Crippen LogP contribution < -0.4 is 10.1 Å². The normalized spacial score (nSPS) is 16.4. The topological polar surface area (TPSA) is 98.1 Å². The lowest BCUT2D eigenvalue weighted by atomic mass is 10.1. The average Bonchev–Trinajstić information content (AvgIpc) is 3.23. The maximum atomic E-state index is 12.8. The number of carbonyl (C=O) groups excluding carboxylic acids is 2. The minimum Gasteiger partial charge on any atom is -0.496 e. The van der Waals surface area contributed by atoms with Gasteiger partial charge in [-0.1, -0.05) is 18.2 Å². The van der Waals surface area contributed by atoms with Crippen molar-refractivity contribution in [2.45, 2.75) is 12.5 Å². The van der Waals surface area contributed by atoms with Crippen molar-refractivity contribution in [3.63, 3.8) is 0 Å². The van der Waals surface area contributed by atoms with Gasteiger partial charge in [-0.2, -0.15) is 0 Å². The van der Waals surface area contributed by atoms with Crippen LogP contribution in [-0.2, 0) is 16.0 Å². The van der Waals surface area contributed by atoms with E-state index in [1.54, 1.807) is 41.1 Å². The summed E-state index contributed by atoms with van der Waals surface area (Å²) in [7, 11) is 1.62. The molecule has 0 bridgehead atoms. The Morgan fingerprint density at radius 2 is 2.17 bits per heavy atom. The fraction of sp³-hybridized carbons (Fsp3) is 0.333. The zero-order chi connectivity index (χ0) is 20.9. The van der Waals surface area contributed by atoms with Crippen LogP contribution in [0.15, 0.2) is 48.9 Å². The molecular weight excluding hydrogens is 386 g/mol. The minimum atomic E-state index is -0.712. The Kier molecular flexibility index (Phi) is 5.89. The van der Waals surface area contributed by atoms with Gasteiger partial charge in [0.1, 0.15) is 11.4 Å². The molecule has 1 saturated heterocycles. The number of amides is 2. The number of hydrogen-bond donors (Lipinski definition) is 1. The highest BCUT2D eigenvalue weighted by molar-refractivity contribution is 5.93. The minimum absolute atomic E-state index is 0.181. The van der Waals surface area contributed by atoms with Gasteiger partial charge in [0.05, 0.1) is 20.3 Å². The number of para-hydroxylation sites is 1. The number of carbonyl (C=O) groups is 2. The highest BCUT2D eigenvalue weighted by Crippen LogP contribution is 2.17. The van der Waals surface area contributed by atoms with Crippen molar-refractivity contribution in [1.82, 2.24) is 24.6 Å². The zero-order valence-electron chi connectivity index (χ0n) is 16.7. The Hall–Kier alpha value is -3.46. The van der Waals surface area contributed by atoms with E-state index in [1.807, 2.05) is 24.3 Å². The van der Waals surface area contributed by atoms with Gasteiger partial charge in [-0.3, -0.25) is 14.0 Å². The molecule has 0 aliphatic carbocycles. The fourth-order valence-corrected chi connectivity index (χ4v) is 3.43. The van der Waals surface area contributed by atoms with E-state index in [1.165, 1.54) is 0 Å². The number of imidazole rings is 1. The van der Waals surface area contributed by atoms with Gasteiger partial charge in [0.15, 0.2) is 6.10 Å². The molecule has 9 nitrogen and oxygen atoms in total. The number of nitrogens with one attached hydrogen (secondary N) is 1. The van der Waals surface area contributed by atoms with Crippen LogP contribution in [0.2, 0.25) is 0 Å². The maximum absolute atomic E-state index is 12.8. The Balaban J connectivity index is 1.33. The number of ether oxygens (including phenoxy) is 2. The van der Waals surface area contributed by atoms with E-state index < -0.39 is 6.10 Å². The summed E-state index contributed by atoms with van der Waals surface area (Å²) >= 11 is 0. The van der Waals surface area contributed by atoms with Crippen LogP contribution in [0.3, 0.4) is 0 Å². The second-order valence-corrected chi connectivity index (χ2v) is 6.92. The van der Waals surface area contributed by atoms with Crippen molar-refractivity contribution in [3.05, 3.63) is 60.2 Å². The van der Waals surface area contributed by atoms with Gasteiger partial charge in [-0.05, 0) is 24.1 Å². The van der Waals surface area contributed by atoms with Gasteiger partial charge in [0, 0.05) is 31.7 Å². The van der Waals surface area contributed by atoms with Crippen LogP contribution in [0.5, 0.6) is 5.75 Å². The first-order valence-electron chi connectivity index (χ1n) is 9.76. The molecule has 0 radical (unpaired) electrons. The van der Waals surface area contributed by atoms with Gasteiger partial charge in [0.2, 0.25) is 5.78 Å². The standard InChI is InChI=1S/C21H23N5O4/c1-29-17-6-3-2-5-15(17)7-9-22-19(27)18-14-25(11-12-30-18)20(28)16-13-26-10-4-8-23-21(26)24-16/h2-6,8,10,13,18H,7,9,11-12,14H2,1H3,(H,22,27)/t18-/m0/s1. The summed E-state index contributed by atoms with van der Waals surface area (Å²) < 4.78 is 12.6. The molecule has 1 atom stereocenters. The number of nitrogens with zero attached hydrogens (tertiary/aromatic N) is 4. The molecule has 4 rings (SSSR count). The van der Waals surface area contributed by atoms with Crippen LogP contribution in [0.25, 0.3) is 5.78 Å². The molecule has 2 aromatic heterocycles. The molecule has 2 amide bonds. The number of morpholine rings is 1. The van der Waals surface area contributed by atoms with E-state index in [9.17, 15) is 9.59 Å². The molecule has 3 heterocycles. The van der Waals surface area contributed by atoms with E-state index in [0.717, 1.165) is 11.3 Å². The largest absolute Gasteiger partial charge is 0.496 e. The Morgan fingerprint density at radius 3 is 3.00 bits per heavy atom. The van der Waals surface area contributed by atoms with Crippen LogP contribution in [-0.4, -0.2) is 70.5 Å². The third-order valence-corrected chi connectivity index (χ3v) is 4.99. The zero-order valence-corrected chi connectivity index (χ0v) is 16.7. The maximum Gasteiger partial charge on any atom is 0.274 e. The molecule has 1 aromatic carbocycles. The number of aromatic nitrogens is 3. The lowest BCUT2D eigenvalue weighted by Gasteiger charge is -2.31. The number of methoxy groups -OCH3 is 1. The van der Waals surface area contributed by atoms with Crippen LogP contribution in [0.1, 0.15) is 16.1 Å². The number of hydrogen-bond acceptors (Lipinski definition) is 6. The van der Waals surface area contributed by atoms with Crippen molar-refractivity contribution in [2.24, 2.45) is 0 Å². The molecule has 156 valence electrons. The molecule has 0 unspecified atom stereocenters. The molecule has 0 saturated carbocycles. The summed E-state index contributed by atoms with van der Waals surface area (Å²) in [5.74, 6) is 0.772. The van der Waals surface area contributed by atoms with Gasteiger partial charge < -0.3 is 19.7 Å². The van der Waals surface area contributed by atoms with Crippen LogP contribution in [0.4, 0.5) is 0 Å². The third kappa shape index (κ3) is 4.25. The van der Waals surface area contributed by atoms with Crippen molar-refractivity contribution < 1.29 is 19.1 Å². The van der Waals surface area contributed by atoms with Gasteiger partial charge in [0.25, 0.3) is 11.8 Å². The molecule has 1 aliphatic heterocycles. The summed E-state index contributed by atoms with van der Waals surface area (Å²) in [6, 6.07) is 9.46. The summed E-state index contributed by atoms with van der Waals surface area (Å²) in [6.45, 7) is 1.33. The Labute approximate surface area is 173 Å². The smallest absolute Gasteiger partial charge is 0.274 e. The third-order valence-electron chi connectivity index (χ3n) is 4.99. The fourth-order valence-electron chi connectivity index (χ4n) is 3.43. The Morgan fingerprint density at radius 1 is 1.30 bits per heavy atom. The second-order valence-electron chi connectivity index (χ2n) is 6.92. The van der Waals surface area contributed by atoms with Crippen molar-refractivity contribution >= 4 is 17.6 Å². The first-order chi connectivity index (χ1) is 14.7. The van der Waals surface area contributed by atoms with Crippen molar-refractivity contribution in [3.8, 4) is 5.75 Å². The molecule has 30 heavy (non-hydrogen) atoms. The highest BCUT2D eigenvalue weighted by atomic mass is 16.5. The molecule has 1 aliphatic rings.